The zero-order chi connectivity index (χ0) is 13.0. The maximum absolute atomic E-state index is 4.65. The first-order valence-electron chi connectivity index (χ1n) is 6.99. The Kier molecular flexibility index (Phi) is 4.53. The van der Waals surface area contributed by atoms with E-state index in [0.717, 1.165) is 36.8 Å². The van der Waals surface area contributed by atoms with Gasteiger partial charge >= 0.3 is 0 Å². The summed E-state index contributed by atoms with van der Waals surface area (Å²) in [6, 6.07) is 0.599. The Bertz CT molecular complexity index is 385. The van der Waals surface area contributed by atoms with Gasteiger partial charge in [-0.15, -0.1) is 0 Å². The lowest BCUT2D eigenvalue weighted by Crippen LogP contribution is -2.44. The highest BCUT2D eigenvalue weighted by Crippen LogP contribution is 2.15. The number of aryl methyl sites for hydroxylation is 2. The second-order valence-electron chi connectivity index (χ2n) is 5.08. The number of hydrogen-bond acceptors (Lipinski definition) is 4. The summed E-state index contributed by atoms with van der Waals surface area (Å²) in [5, 5.41) is 3.59. The molecule has 0 aromatic carbocycles. The quantitative estimate of drug-likeness (QED) is 0.885. The van der Waals surface area contributed by atoms with Gasteiger partial charge in [-0.1, -0.05) is 6.42 Å². The third-order valence-electron chi connectivity index (χ3n) is 3.74. The van der Waals surface area contributed by atoms with Gasteiger partial charge in [-0.3, -0.25) is 4.98 Å². The van der Waals surface area contributed by atoms with Crippen molar-refractivity contribution in [1.82, 2.24) is 15.3 Å². The zero-order valence-corrected chi connectivity index (χ0v) is 11.7. The van der Waals surface area contributed by atoms with Crippen LogP contribution in [0.3, 0.4) is 0 Å². The summed E-state index contributed by atoms with van der Waals surface area (Å²) in [6.07, 6.45) is 5.82. The fourth-order valence-electron chi connectivity index (χ4n) is 2.41. The second-order valence-corrected chi connectivity index (χ2v) is 5.08. The van der Waals surface area contributed by atoms with Gasteiger partial charge in [0.05, 0.1) is 17.6 Å². The van der Waals surface area contributed by atoms with E-state index in [0.29, 0.717) is 6.04 Å². The number of anilines is 1. The minimum atomic E-state index is 0.599. The van der Waals surface area contributed by atoms with E-state index in [9.17, 15) is 0 Å². The standard InChI is InChI=1S/C14H24N4/c1-4-18(10-13-7-5-6-8-15-13)14-9-16-11(2)12(3)17-14/h9,13,15H,4-8,10H2,1-3H3. The van der Waals surface area contributed by atoms with Crippen LogP contribution in [0, 0.1) is 13.8 Å². The van der Waals surface area contributed by atoms with Crippen LogP contribution in [0.1, 0.15) is 37.6 Å². The Labute approximate surface area is 110 Å². The van der Waals surface area contributed by atoms with Crippen molar-refractivity contribution in [3.63, 3.8) is 0 Å². The molecule has 2 heterocycles. The first kappa shape index (κ1) is 13.3. The van der Waals surface area contributed by atoms with Gasteiger partial charge in [0.1, 0.15) is 5.82 Å². The van der Waals surface area contributed by atoms with E-state index in [1.54, 1.807) is 0 Å². The molecule has 0 saturated carbocycles. The summed E-state index contributed by atoms with van der Waals surface area (Å²) in [4.78, 5) is 11.4. The van der Waals surface area contributed by atoms with Crippen LogP contribution in [0.2, 0.25) is 0 Å². The van der Waals surface area contributed by atoms with Crippen LogP contribution >= 0.6 is 0 Å². The Balaban J connectivity index is 2.04. The lowest BCUT2D eigenvalue weighted by molar-refractivity contribution is 0.399. The van der Waals surface area contributed by atoms with E-state index in [1.807, 2.05) is 20.0 Å². The largest absolute Gasteiger partial charge is 0.354 e. The number of hydrogen-bond donors (Lipinski definition) is 1. The molecule has 1 aliphatic heterocycles. The highest BCUT2D eigenvalue weighted by atomic mass is 15.2. The van der Waals surface area contributed by atoms with Crippen molar-refractivity contribution in [2.24, 2.45) is 0 Å². The molecule has 18 heavy (non-hydrogen) atoms. The predicted octanol–water partition coefficient (Wildman–Crippen LogP) is 2.06. The van der Waals surface area contributed by atoms with Gasteiger partial charge < -0.3 is 10.2 Å². The average molecular weight is 248 g/mol. The molecule has 1 aromatic rings. The summed E-state index contributed by atoms with van der Waals surface area (Å²) >= 11 is 0. The highest BCUT2D eigenvalue weighted by Gasteiger charge is 2.17. The zero-order valence-electron chi connectivity index (χ0n) is 11.7. The van der Waals surface area contributed by atoms with Crippen molar-refractivity contribution >= 4 is 5.82 Å². The van der Waals surface area contributed by atoms with Crippen molar-refractivity contribution in [2.45, 2.75) is 46.1 Å². The van der Waals surface area contributed by atoms with E-state index in [4.69, 9.17) is 0 Å². The van der Waals surface area contributed by atoms with Crippen LogP contribution in [-0.2, 0) is 0 Å². The fourth-order valence-corrected chi connectivity index (χ4v) is 2.41. The average Bonchev–Trinajstić information content (AvgIpc) is 2.40. The molecule has 2 rings (SSSR count). The SMILES string of the molecule is CCN(CC1CCCCN1)c1cnc(C)c(C)n1. The minimum absolute atomic E-state index is 0.599. The fraction of sp³-hybridized carbons (Fsp3) is 0.714. The summed E-state index contributed by atoms with van der Waals surface area (Å²) < 4.78 is 0. The molecule has 1 unspecified atom stereocenters. The number of likely N-dealkylation sites (N-methyl/N-ethyl adjacent to an activating group) is 1. The van der Waals surface area contributed by atoms with Crippen LogP contribution in [0.4, 0.5) is 5.82 Å². The van der Waals surface area contributed by atoms with Gasteiger partial charge in [-0.2, -0.15) is 0 Å². The van der Waals surface area contributed by atoms with Crippen LogP contribution < -0.4 is 10.2 Å². The Hall–Kier alpha value is -1.16. The van der Waals surface area contributed by atoms with Crippen LogP contribution in [0.25, 0.3) is 0 Å². The molecule has 1 fully saturated rings. The summed E-state index contributed by atoms with van der Waals surface area (Å²) in [5.41, 5.74) is 2.05. The molecule has 0 amide bonds. The first-order chi connectivity index (χ1) is 8.70. The molecular formula is C14H24N4. The van der Waals surface area contributed by atoms with E-state index < -0.39 is 0 Å². The molecule has 1 aliphatic rings. The van der Waals surface area contributed by atoms with Gasteiger partial charge in [0.15, 0.2) is 0 Å². The molecule has 0 spiro atoms. The summed E-state index contributed by atoms with van der Waals surface area (Å²) in [6.45, 7) is 9.38. The summed E-state index contributed by atoms with van der Waals surface area (Å²) in [5.74, 6) is 1.01. The lowest BCUT2D eigenvalue weighted by atomic mass is 10.0. The van der Waals surface area contributed by atoms with Gasteiger partial charge in [0.25, 0.3) is 0 Å². The topological polar surface area (TPSA) is 41.0 Å². The Morgan fingerprint density at radius 1 is 1.33 bits per heavy atom. The molecule has 1 saturated heterocycles. The highest BCUT2D eigenvalue weighted by molar-refractivity contribution is 5.37. The van der Waals surface area contributed by atoms with Gasteiger partial charge in [0, 0.05) is 19.1 Å². The third-order valence-corrected chi connectivity index (χ3v) is 3.74. The second kappa shape index (κ2) is 6.14. The van der Waals surface area contributed by atoms with Gasteiger partial charge in [-0.05, 0) is 40.2 Å². The van der Waals surface area contributed by atoms with Crippen molar-refractivity contribution in [1.29, 1.82) is 0 Å². The van der Waals surface area contributed by atoms with Crippen molar-refractivity contribution < 1.29 is 0 Å². The predicted molar refractivity (Wildman–Crippen MR) is 75.0 cm³/mol. The third kappa shape index (κ3) is 3.19. The molecule has 4 nitrogen and oxygen atoms in total. The van der Waals surface area contributed by atoms with Crippen molar-refractivity contribution in [3.05, 3.63) is 17.6 Å². The molecule has 4 heteroatoms. The maximum atomic E-state index is 4.65. The first-order valence-corrected chi connectivity index (χ1v) is 6.99. The Morgan fingerprint density at radius 2 is 2.17 bits per heavy atom. The number of aromatic nitrogens is 2. The van der Waals surface area contributed by atoms with Gasteiger partial charge in [0.2, 0.25) is 0 Å². The number of nitrogens with one attached hydrogen (secondary N) is 1. The molecular weight excluding hydrogens is 224 g/mol. The number of nitrogens with zero attached hydrogens (tertiary/aromatic N) is 3. The molecule has 0 radical (unpaired) electrons. The molecule has 1 aromatic heterocycles. The van der Waals surface area contributed by atoms with Crippen LogP contribution in [-0.4, -0.2) is 35.6 Å². The normalized spacial score (nSPS) is 19.8. The van der Waals surface area contributed by atoms with E-state index in [2.05, 4.69) is 27.1 Å². The smallest absolute Gasteiger partial charge is 0.147 e. The van der Waals surface area contributed by atoms with E-state index in [1.165, 1.54) is 19.3 Å². The van der Waals surface area contributed by atoms with Crippen LogP contribution in [0.5, 0.6) is 0 Å². The minimum Gasteiger partial charge on any atom is -0.354 e. The summed E-state index contributed by atoms with van der Waals surface area (Å²) in [7, 11) is 0. The maximum Gasteiger partial charge on any atom is 0.147 e. The Morgan fingerprint density at radius 3 is 2.78 bits per heavy atom. The van der Waals surface area contributed by atoms with Crippen molar-refractivity contribution in [2.75, 3.05) is 24.5 Å². The number of rotatable bonds is 4. The van der Waals surface area contributed by atoms with Crippen LogP contribution in [0.15, 0.2) is 6.20 Å². The van der Waals surface area contributed by atoms with Crippen molar-refractivity contribution in [3.8, 4) is 0 Å². The van der Waals surface area contributed by atoms with E-state index in [-0.39, 0.29) is 0 Å². The molecule has 100 valence electrons. The monoisotopic (exact) mass is 248 g/mol. The molecule has 0 aliphatic carbocycles. The molecule has 1 atom stereocenters. The van der Waals surface area contributed by atoms with Gasteiger partial charge in [-0.25, -0.2) is 4.98 Å². The molecule has 0 bridgehead atoms. The molecule has 1 N–H and O–H groups in total. The van der Waals surface area contributed by atoms with E-state index >= 15 is 0 Å². The number of piperidine rings is 1. The lowest BCUT2D eigenvalue weighted by Gasteiger charge is -2.30.